The van der Waals surface area contributed by atoms with Crippen molar-refractivity contribution >= 4 is 48.9 Å². The molecular weight excluding hydrogens is 371 g/mol. The normalized spacial score (nSPS) is 12.4. The Bertz CT molecular complexity index is 721. The largest absolute Gasteiger partial charge is 0.268 e. The molecular formula is C12H18Cl2N2O4S2. The van der Waals surface area contributed by atoms with Crippen LogP contribution in [0.1, 0.15) is 13.3 Å². The van der Waals surface area contributed by atoms with Crippen LogP contribution in [0.4, 0.5) is 5.69 Å². The fourth-order valence-electron chi connectivity index (χ4n) is 1.79. The molecule has 0 atom stereocenters. The van der Waals surface area contributed by atoms with Crippen molar-refractivity contribution in [1.82, 2.24) is 4.72 Å². The van der Waals surface area contributed by atoms with E-state index >= 15 is 0 Å². The number of anilines is 1. The molecule has 1 rings (SSSR count). The highest BCUT2D eigenvalue weighted by molar-refractivity contribution is 7.92. The zero-order chi connectivity index (χ0) is 17.0. The molecule has 6 nitrogen and oxygen atoms in total. The summed E-state index contributed by atoms with van der Waals surface area (Å²) in [6.07, 6.45) is 1.50. The van der Waals surface area contributed by atoms with Gasteiger partial charge in [0.15, 0.2) is 0 Å². The van der Waals surface area contributed by atoms with Gasteiger partial charge >= 0.3 is 0 Å². The molecule has 22 heavy (non-hydrogen) atoms. The number of rotatable bonds is 8. The lowest BCUT2D eigenvalue weighted by atomic mass is 10.3. The maximum Gasteiger partial charge on any atom is 0.232 e. The van der Waals surface area contributed by atoms with Crippen LogP contribution in [0.25, 0.3) is 0 Å². The number of nitrogens with one attached hydrogen (secondary N) is 1. The Hall–Kier alpha value is -0.540. The Kier molecular flexibility index (Phi) is 6.94. The lowest BCUT2D eigenvalue weighted by Crippen LogP contribution is -2.38. The second kappa shape index (κ2) is 7.83. The third-order valence-electron chi connectivity index (χ3n) is 2.69. The van der Waals surface area contributed by atoms with Crippen molar-refractivity contribution in [2.24, 2.45) is 0 Å². The van der Waals surface area contributed by atoms with Crippen LogP contribution >= 0.6 is 23.2 Å². The van der Waals surface area contributed by atoms with E-state index in [0.29, 0.717) is 11.4 Å². The summed E-state index contributed by atoms with van der Waals surface area (Å²) in [4.78, 5) is 0. The van der Waals surface area contributed by atoms with E-state index in [2.05, 4.69) is 4.72 Å². The maximum atomic E-state index is 11.9. The van der Waals surface area contributed by atoms with Gasteiger partial charge in [-0.15, -0.1) is 0 Å². The molecule has 0 aliphatic carbocycles. The molecule has 0 aromatic heterocycles. The van der Waals surface area contributed by atoms with Gasteiger partial charge in [-0.3, -0.25) is 4.31 Å². The number of sulfonamides is 2. The van der Waals surface area contributed by atoms with E-state index < -0.39 is 20.0 Å². The number of hydrogen-bond donors (Lipinski definition) is 1. The predicted octanol–water partition coefficient (Wildman–Crippen LogP) is 2.09. The first-order valence-electron chi connectivity index (χ1n) is 6.47. The Morgan fingerprint density at radius 3 is 2.36 bits per heavy atom. The highest BCUT2D eigenvalue weighted by atomic mass is 35.5. The van der Waals surface area contributed by atoms with Gasteiger partial charge in [0.25, 0.3) is 0 Å². The number of halogens is 2. The molecule has 0 aliphatic heterocycles. The summed E-state index contributed by atoms with van der Waals surface area (Å²) in [6, 6.07) is 4.45. The number of nitrogens with zero attached hydrogens (tertiary/aromatic N) is 1. The molecule has 0 amide bonds. The average molecular weight is 389 g/mol. The van der Waals surface area contributed by atoms with Gasteiger partial charge in [0, 0.05) is 18.1 Å². The summed E-state index contributed by atoms with van der Waals surface area (Å²) < 4.78 is 50.4. The molecule has 0 heterocycles. The summed E-state index contributed by atoms with van der Waals surface area (Å²) >= 11 is 11.9. The molecule has 126 valence electrons. The lowest BCUT2D eigenvalue weighted by Gasteiger charge is -2.23. The second-order valence-electron chi connectivity index (χ2n) is 4.64. The zero-order valence-corrected chi connectivity index (χ0v) is 15.4. The third-order valence-corrected chi connectivity index (χ3v) is 6.01. The van der Waals surface area contributed by atoms with Gasteiger partial charge in [-0.2, -0.15) is 0 Å². The van der Waals surface area contributed by atoms with E-state index in [0.717, 1.165) is 10.6 Å². The minimum atomic E-state index is -3.63. The van der Waals surface area contributed by atoms with Crippen LogP contribution in [0.15, 0.2) is 18.2 Å². The molecule has 1 aromatic carbocycles. The van der Waals surface area contributed by atoms with Crippen LogP contribution in [0.5, 0.6) is 0 Å². The highest BCUT2D eigenvalue weighted by Crippen LogP contribution is 2.30. The Morgan fingerprint density at radius 2 is 1.82 bits per heavy atom. The molecule has 0 fully saturated rings. The quantitative estimate of drug-likeness (QED) is 0.738. The Balaban J connectivity index is 2.95. The molecule has 0 saturated heterocycles. The Morgan fingerprint density at radius 1 is 1.18 bits per heavy atom. The van der Waals surface area contributed by atoms with Gasteiger partial charge in [0.05, 0.1) is 22.7 Å². The fraction of sp³-hybridized carbons (Fsp3) is 0.500. The minimum absolute atomic E-state index is 0.0101. The third kappa shape index (κ3) is 5.92. The smallest absolute Gasteiger partial charge is 0.232 e. The first kappa shape index (κ1) is 19.5. The van der Waals surface area contributed by atoms with Gasteiger partial charge in [0.1, 0.15) is 0 Å². The van der Waals surface area contributed by atoms with Crippen molar-refractivity contribution in [1.29, 1.82) is 0 Å². The van der Waals surface area contributed by atoms with E-state index in [1.54, 1.807) is 6.92 Å². The Labute approximate surface area is 141 Å². The van der Waals surface area contributed by atoms with Crippen LogP contribution in [-0.4, -0.2) is 41.9 Å². The zero-order valence-electron chi connectivity index (χ0n) is 12.2. The van der Waals surface area contributed by atoms with Crippen LogP contribution in [0, 0.1) is 0 Å². The highest BCUT2D eigenvalue weighted by Gasteiger charge is 2.21. The standard InChI is InChI=1S/C12H18Cl2N2O4S2/c1-3-8-22(19,20)15-6-7-16(21(2,17)18)12-9-10(13)4-5-11(12)14/h4-5,9,15H,3,6-8H2,1-2H3. The molecule has 0 unspecified atom stereocenters. The van der Waals surface area contributed by atoms with Crippen LogP contribution in [0.2, 0.25) is 10.0 Å². The van der Waals surface area contributed by atoms with Crippen molar-refractivity contribution < 1.29 is 16.8 Å². The van der Waals surface area contributed by atoms with Gasteiger partial charge in [-0.05, 0) is 24.6 Å². The van der Waals surface area contributed by atoms with Crippen molar-refractivity contribution in [2.45, 2.75) is 13.3 Å². The average Bonchev–Trinajstić information content (AvgIpc) is 2.36. The molecule has 0 spiro atoms. The second-order valence-corrected chi connectivity index (χ2v) is 9.32. The van der Waals surface area contributed by atoms with E-state index in [1.807, 2.05) is 0 Å². The fourth-order valence-corrected chi connectivity index (χ4v) is 4.24. The molecule has 0 aliphatic rings. The van der Waals surface area contributed by atoms with Gasteiger partial charge in [-0.25, -0.2) is 21.6 Å². The number of hydrogen-bond acceptors (Lipinski definition) is 4. The van der Waals surface area contributed by atoms with Crippen LogP contribution in [-0.2, 0) is 20.0 Å². The van der Waals surface area contributed by atoms with Gasteiger partial charge < -0.3 is 0 Å². The summed E-state index contributed by atoms with van der Waals surface area (Å²) in [6.45, 7) is 1.61. The molecule has 0 radical (unpaired) electrons. The maximum absolute atomic E-state index is 11.9. The number of benzene rings is 1. The predicted molar refractivity (Wildman–Crippen MR) is 90.7 cm³/mol. The van der Waals surface area contributed by atoms with Crippen molar-refractivity contribution in [3.8, 4) is 0 Å². The van der Waals surface area contributed by atoms with Crippen molar-refractivity contribution in [3.05, 3.63) is 28.2 Å². The van der Waals surface area contributed by atoms with Gasteiger partial charge in [-0.1, -0.05) is 30.1 Å². The van der Waals surface area contributed by atoms with Crippen LogP contribution in [0.3, 0.4) is 0 Å². The summed E-state index contributed by atoms with van der Waals surface area (Å²) in [5.74, 6) is -0.0101. The molecule has 0 bridgehead atoms. The molecule has 1 N–H and O–H groups in total. The van der Waals surface area contributed by atoms with E-state index in [1.165, 1.54) is 18.2 Å². The minimum Gasteiger partial charge on any atom is -0.268 e. The molecule has 1 aromatic rings. The lowest BCUT2D eigenvalue weighted by molar-refractivity contribution is 0.577. The first-order valence-corrected chi connectivity index (χ1v) is 10.7. The monoisotopic (exact) mass is 388 g/mol. The summed E-state index contributed by atoms with van der Waals surface area (Å²) in [7, 11) is -7.04. The van der Waals surface area contributed by atoms with Crippen molar-refractivity contribution in [2.75, 3.05) is 29.4 Å². The topological polar surface area (TPSA) is 83.6 Å². The van der Waals surface area contributed by atoms with E-state index in [4.69, 9.17) is 23.2 Å². The SMILES string of the molecule is CCCS(=O)(=O)NCCN(c1cc(Cl)ccc1Cl)S(C)(=O)=O. The van der Waals surface area contributed by atoms with Gasteiger partial charge in [0.2, 0.25) is 20.0 Å². The summed E-state index contributed by atoms with van der Waals surface area (Å²) in [5.41, 5.74) is 0.214. The molecule has 0 saturated carbocycles. The van der Waals surface area contributed by atoms with Crippen molar-refractivity contribution in [3.63, 3.8) is 0 Å². The summed E-state index contributed by atoms with van der Waals surface area (Å²) in [5, 5.41) is 0.547. The first-order chi connectivity index (χ1) is 10.1. The van der Waals surface area contributed by atoms with E-state index in [9.17, 15) is 16.8 Å². The van der Waals surface area contributed by atoms with E-state index in [-0.39, 0.29) is 29.6 Å². The molecule has 10 heteroatoms. The van der Waals surface area contributed by atoms with Crippen LogP contribution < -0.4 is 9.03 Å².